The van der Waals surface area contributed by atoms with Crippen LogP contribution in [-0.2, 0) is 9.59 Å². The fraction of sp³-hybridized carbons (Fsp3) is 0.312. The van der Waals surface area contributed by atoms with Crippen LogP contribution >= 0.6 is 15.9 Å². The van der Waals surface area contributed by atoms with E-state index in [-0.39, 0.29) is 18.5 Å². The van der Waals surface area contributed by atoms with Gasteiger partial charge in [-0.05, 0) is 40.2 Å². The zero-order valence-corrected chi connectivity index (χ0v) is 14.6. The van der Waals surface area contributed by atoms with Gasteiger partial charge in [0.25, 0.3) is 0 Å². The Morgan fingerprint density at radius 3 is 2.76 bits per heavy atom. The predicted octanol–water partition coefficient (Wildman–Crippen LogP) is -0.278. The Morgan fingerprint density at radius 1 is 1.44 bits per heavy atom. The van der Waals surface area contributed by atoms with E-state index >= 15 is 0 Å². The molecule has 1 aromatic rings. The second kappa shape index (κ2) is 8.11. The highest BCUT2D eigenvalue weighted by molar-refractivity contribution is 9.10. The Morgan fingerprint density at radius 2 is 2.16 bits per heavy atom. The third-order valence-electron chi connectivity index (χ3n) is 3.56. The number of ether oxygens (including phenoxy) is 1. The summed E-state index contributed by atoms with van der Waals surface area (Å²) in [6.45, 7) is -0.332. The van der Waals surface area contributed by atoms with Crippen molar-refractivity contribution in [1.29, 1.82) is 5.26 Å². The second-order valence-electron chi connectivity index (χ2n) is 5.44. The molecule has 0 spiro atoms. The number of hydrogen-bond donors (Lipinski definition) is 4. The first kappa shape index (κ1) is 18.9. The number of carbonyl (C=O) groups is 2. The van der Waals surface area contributed by atoms with Crippen molar-refractivity contribution in [3.8, 4) is 11.8 Å². The van der Waals surface area contributed by atoms with Gasteiger partial charge in [-0.15, -0.1) is 0 Å². The molecule has 1 aliphatic rings. The molecule has 132 valence electrons. The number of rotatable bonds is 5. The molecule has 0 saturated carbocycles. The molecule has 9 heteroatoms. The van der Waals surface area contributed by atoms with E-state index in [1.807, 2.05) is 6.07 Å². The Labute approximate surface area is 152 Å². The highest BCUT2D eigenvalue weighted by Gasteiger charge is 2.34. The molecule has 5 N–H and O–H groups in total. The molecule has 1 aliphatic carbocycles. The molecule has 8 nitrogen and oxygen atoms in total. The number of aliphatic hydroxyl groups excluding tert-OH is 2. The van der Waals surface area contributed by atoms with Gasteiger partial charge in [0.15, 0.2) is 0 Å². The van der Waals surface area contributed by atoms with Crippen molar-refractivity contribution in [2.24, 2.45) is 5.73 Å². The number of nitriles is 1. The third kappa shape index (κ3) is 4.79. The van der Waals surface area contributed by atoms with Crippen LogP contribution in [0.4, 0.5) is 0 Å². The lowest BCUT2D eigenvalue weighted by molar-refractivity contribution is -0.123. The number of nitrogens with two attached hydrogens (primary N) is 1. The first-order chi connectivity index (χ1) is 11.8. The van der Waals surface area contributed by atoms with Gasteiger partial charge in [-0.25, -0.2) is 0 Å². The van der Waals surface area contributed by atoms with Gasteiger partial charge in [0.1, 0.15) is 18.0 Å². The van der Waals surface area contributed by atoms with Gasteiger partial charge in [0.2, 0.25) is 11.8 Å². The maximum absolute atomic E-state index is 12.0. The third-order valence-corrected chi connectivity index (χ3v) is 4.18. The number of amides is 2. The molecular weight excluding hydrogens is 394 g/mol. The molecule has 1 aromatic carbocycles. The number of carbonyl (C=O) groups excluding carboxylic acids is 2. The summed E-state index contributed by atoms with van der Waals surface area (Å²) < 4.78 is 6.15. The maximum atomic E-state index is 12.0. The molecule has 0 aromatic heterocycles. The second-order valence-corrected chi connectivity index (χ2v) is 6.30. The maximum Gasteiger partial charge on any atom is 0.247 e. The van der Waals surface area contributed by atoms with E-state index in [9.17, 15) is 19.8 Å². The lowest BCUT2D eigenvalue weighted by atomic mass is 9.91. The van der Waals surface area contributed by atoms with Crippen LogP contribution in [0.2, 0.25) is 0 Å². The fourth-order valence-corrected chi connectivity index (χ4v) is 2.77. The molecule has 0 bridgehead atoms. The molecule has 2 amide bonds. The quantitative estimate of drug-likeness (QED) is 0.525. The van der Waals surface area contributed by atoms with Gasteiger partial charge in [-0.1, -0.05) is 0 Å². The van der Waals surface area contributed by atoms with Crippen LogP contribution in [-0.4, -0.2) is 46.9 Å². The Balaban J connectivity index is 2.19. The van der Waals surface area contributed by atoms with E-state index in [1.165, 1.54) is 18.2 Å². The topological polar surface area (TPSA) is 146 Å². The standard InChI is InChI=1S/C16H16BrN3O5/c17-10-3-8(6-18)1-2-12(10)25-13-5-9(4-11(21)15(13)23)16(24)20-7-14(19)22/h1-3,5,11,13,15,21,23H,4,7H2,(H2,19,22)(H,20,24)/t11-,13+,15-/m1/s1. The van der Waals surface area contributed by atoms with Crippen LogP contribution in [0, 0.1) is 11.3 Å². The lowest BCUT2D eigenvalue weighted by Crippen LogP contribution is -2.45. The van der Waals surface area contributed by atoms with Gasteiger partial charge >= 0.3 is 0 Å². The van der Waals surface area contributed by atoms with E-state index in [0.717, 1.165) is 0 Å². The molecule has 0 saturated heterocycles. The molecule has 25 heavy (non-hydrogen) atoms. The number of nitrogens with one attached hydrogen (secondary N) is 1. The first-order valence-electron chi connectivity index (χ1n) is 7.31. The molecule has 0 fully saturated rings. The van der Waals surface area contributed by atoms with Gasteiger partial charge in [0.05, 0.1) is 28.8 Å². The summed E-state index contributed by atoms with van der Waals surface area (Å²) in [6, 6.07) is 6.61. The Bertz CT molecular complexity index is 759. The molecule has 3 atom stereocenters. The smallest absolute Gasteiger partial charge is 0.247 e. The van der Waals surface area contributed by atoms with Crippen LogP contribution in [0.3, 0.4) is 0 Å². The van der Waals surface area contributed by atoms with Crippen molar-refractivity contribution in [2.75, 3.05) is 6.54 Å². The predicted molar refractivity (Wildman–Crippen MR) is 90.2 cm³/mol. The summed E-state index contributed by atoms with van der Waals surface area (Å²) in [6.07, 6.45) is -2.13. The van der Waals surface area contributed by atoms with Crippen LogP contribution in [0.1, 0.15) is 12.0 Å². The first-order valence-corrected chi connectivity index (χ1v) is 8.10. The summed E-state index contributed by atoms with van der Waals surface area (Å²) in [5.74, 6) is -0.929. The van der Waals surface area contributed by atoms with Crippen LogP contribution in [0.15, 0.2) is 34.3 Å². The van der Waals surface area contributed by atoms with Gasteiger partial charge in [-0.3, -0.25) is 9.59 Å². The normalized spacial score (nSPS) is 22.5. The average Bonchev–Trinajstić information content (AvgIpc) is 2.57. The zero-order chi connectivity index (χ0) is 18.6. The highest BCUT2D eigenvalue weighted by Crippen LogP contribution is 2.30. The van der Waals surface area contributed by atoms with Crippen molar-refractivity contribution >= 4 is 27.7 Å². The molecule has 0 aliphatic heterocycles. The lowest BCUT2D eigenvalue weighted by Gasteiger charge is -2.31. The monoisotopic (exact) mass is 409 g/mol. The Hall–Kier alpha value is -2.41. The highest BCUT2D eigenvalue weighted by atomic mass is 79.9. The number of aliphatic hydroxyl groups is 2. The minimum Gasteiger partial charge on any atom is -0.482 e. The van der Waals surface area contributed by atoms with Crippen molar-refractivity contribution in [3.63, 3.8) is 0 Å². The van der Waals surface area contributed by atoms with Crippen molar-refractivity contribution in [2.45, 2.75) is 24.7 Å². The van der Waals surface area contributed by atoms with Crippen LogP contribution in [0.25, 0.3) is 0 Å². The summed E-state index contributed by atoms with van der Waals surface area (Å²) in [4.78, 5) is 22.8. The van der Waals surface area contributed by atoms with Crippen molar-refractivity contribution in [3.05, 3.63) is 39.9 Å². The van der Waals surface area contributed by atoms with E-state index in [1.54, 1.807) is 6.07 Å². The molecule has 0 heterocycles. The summed E-state index contributed by atoms with van der Waals surface area (Å²) in [7, 11) is 0. The summed E-state index contributed by atoms with van der Waals surface area (Å²) in [5.41, 5.74) is 5.57. The summed E-state index contributed by atoms with van der Waals surface area (Å²) >= 11 is 3.26. The summed E-state index contributed by atoms with van der Waals surface area (Å²) in [5, 5.41) is 31.3. The Kier molecular flexibility index (Phi) is 6.14. The van der Waals surface area contributed by atoms with E-state index < -0.39 is 30.1 Å². The van der Waals surface area contributed by atoms with Gasteiger partial charge in [-0.2, -0.15) is 5.26 Å². The van der Waals surface area contributed by atoms with Crippen molar-refractivity contribution in [1.82, 2.24) is 5.32 Å². The van der Waals surface area contributed by atoms with Crippen molar-refractivity contribution < 1.29 is 24.5 Å². The SMILES string of the molecule is N#Cc1ccc(O[C@H]2C=C(C(=O)NCC(N)=O)C[C@@H](O)[C@H]2O)c(Br)c1. The molecule has 0 radical (unpaired) electrons. The number of primary amides is 1. The van der Waals surface area contributed by atoms with E-state index in [4.69, 9.17) is 15.7 Å². The van der Waals surface area contributed by atoms with Gasteiger partial charge < -0.3 is 26.0 Å². The minimum atomic E-state index is -1.24. The molecule has 2 rings (SSSR count). The van der Waals surface area contributed by atoms with Crippen LogP contribution < -0.4 is 15.8 Å². The van der Waals surface area contributed by atoms with E-state index in [2.05, 4.69) is 21.2 Å². The number of hydrogen-bond acceptors (Lipinski definition) is 6. The van der Waals surface area contributed by atoms with Crippen LogP contribution in [0.5, 0.6) is 5.75 Å². The average molecular weight is 410 g/mol. The fourth-order valence-electron chi connectivity index (χ4n) is 2.30. The number of halogens is 1. The zero-order valence-electron chi connectivity index (χ0n) is 13.0. The minimum absolute atomic E-state index is 0.0832. The molecule has 0 unspecified atom stereocenters. The number of benzene rings is 1. The van der Waals surface area contributed by atoms with E-state index in [0.29, 0.717) is 15.8 Å². The largest absolute Gasteiger partial charge is 0.482 e. The number of nitrogens with zero attached hydrogens (tertiary/aromatic N) is 1. The molecular formula is C16H16BrN3O5. The van der Waals surface area contributed by atoms with Gasteiger partial charge in [0, 0.05) is 12.0 Å².